The Hall–Kier alpha value is -1.95. The summed E-state index contributed by atoms with van der Waals surface area (Å²) in [5.74, 6) is 1.14. The maximum Gasteiger partial charge on any atom is 0.227 e. The topological polar surface area (TPSA) is 58.1 Å². The summed E-state index contributed by atoms with van der Waals surface area (Å²) in [6.07, 6.45) is 5.05. The van der Waals surface area contributed by atoms with Crippen LogP contribution in [0.15, 0.2) is 28.7 Å². The van der Waals surface area contributed by atoms with Crippen LogP contribution in [0.25, 0.3) is 0 Å². The number of amides is 1. The average Bonchev–Trinajstić information content (AvgIpc) is 3.12. The monoisotopic (exact) mass is 414 g/mol. The number of aryl methyl sites for hydroxylation is 3. The van der Waals surface area contributed by atoms with Crippen molar-refractivity contribution in [3.63, 3.8) is 0 Å². The zero-order chi connectivity index (χ0) is 18.1. The van der Waals surface area contributed by atoms with Gasteiger partial charge in [0, 0.05) is 29.2 Å². The molecule has 0 radical (unpaired) electrons. The largest absolute Gasteiger partial charge is 0.355 e. The first-order valence-electron chi connectivity index (χ1n) is 9.27. The number of carbonyl (C=O) groups excluding carboxylic acids is 1. The molecule has 6 heteroatoms. The van der Waals surface area contributed by atoms with E-state index in [0.29, 0.717) is 0 Å². The summed E-state index contributed by atoms with van der Waals surface area (Å²) in [6, 6.07) is 8.10. The van der Waals surface area contributed by atoms with Gasteiger partial charge >= 0.3 is 0 Å². The zero-order valence-corrected chi connectivity index (χ0v) is 16.6. The van der Waals surface area contributed by atoms with Crippen molar-refractivity contribution in [1.29, 1.82) is 0 Å². The third kappa shape index (κ3) is 3.61. The first-order valence-corrected chi connectivity index (χ1v) is 10.1. The summed E-state index contributed by atoms with van der Waals surface area (Å²) in [5.41, 5.74) is 4.49. The van der Waals surface area contributed by atoms with Gasteiger partial charge in [-0.1, -0.05) is 15.9 Å². The summed E-state index contributed by atoms with van der Waals surface area (Å²) >= 11 is 3.49. The van der Waals surface area contributed by atoms with Crippen molar-refractivity contribution in [3.05, 3.63) is 45.6 Å². The van der Waals surface area contributed by atoms with E-state index < -0.39 is 0 Å². The number of benzene rings is 1. The second-order valence-electron chi connectivity index (χ2n) is 7.24. The molecule has 1 aromatic carbocycles. The minimum absolute atomic E-state index is 0.0533. The second kappa shape index (κ2) is 7.35. The molecule has 1 fully saturated rings. The normalized spacial score (nSPS) is 17.2. The lowest BCUT2D eigenvalue weighted by Crippen LogP contribution is -2.38. The van der Waals surface area contributed by atoms with Crippen molar-refractivity contribution < 1.29 is 4.79 Å². The molecule has 1 aliphatic heterocycles. The van der Waals surface area contributed by atoms with E-state index in [4.69, 9.17) is 0 Å². The lowest BCUT2D eigenvalue weighted by Gasteiger charge is -2.32. The average molecular weight is 415 g/mol. The van der Waals surface area contributed by atoms with Crippen molar-refractivity contribution in [2.45, 2.75) is 39.0 Å². The predicted molar refractivity (Wildman–Crippen MR) is 107 cm³/mol. The zero-order valence-electron chi connectivity index (χ0n) is 15.0. The van der Waals surface area contributed by atoms with E-state index >= 15 is 0 Å². The lowest BCUT2D eigenvalue weighted by molar-refractivity contribution is -0.120. The van der Waals surface area contributed by atoms with Crippen molar-refractivity contribution in [2.75, 3.05) is 23.3 Å². The molecule has 136 valence electrons. The van der Waals surface area contributed by atoms with Crippen molar-refractivity contribution in [3.8, 4) is 0 Å². The Kier molecular flexibility index (Phi) is 4.94. The summed E-state index contributed by atoms with van der Waals surface area (Å²) in [7, 11) is 0. The molecule has 1 aliphatic carbocycles. The smallest absolute Gasteiger partial charge is 0.227 e. The third-order valence-corrected chi connectivity index (χ3v) is 6.31. The van der Waals surface area contributed by atoms with E-state index in [1.54, 1.807) is 0 Å². The molecule has 2 aliphatic rings. The molecule has 1 amide bonds. The number of nitrogens with one attached hydrogen (secondary N) is 1. The van der Waals surface area contributed by atoms with Crippen molar-refractivity contribution >= 4 is 33.3 Å². The van der Waals surface area contributed by atoms with Gasteiger partial charge in [-0.2, -0.15) is 5.10 Å². The molecule has 0 bridgehead atoms. The number of rotatable bonds is 3. The van der Waals surface area contributed by atoms with E-state index in [1.807, 2.05) is 25.1 Å². The fourth-order valence-electron chi connectivity index (χ4n) is 3.81. The first kappa shape index (κ1) is 17.5. The highest BCUT2D eigenvalue weighted by Crippen LogP contribution is 2.27. The summed E-state index contributed by atoms with van der Waals surface area (Å²) in [5, 5.41) is 11.8. The van der Waals surface area contributed by atoms with Gasteiger partial charge in [-0.25, -0.2) is 0 Å². The Morgan fingerprint density at radius 3 is 2.77 bits per heavy atom. The summed E-state index contributed by atoms with van der Waals surface area (Å²) in [4.78, 5) is 14.9. The van der Waals surface area contributed by atoms with E-state index in [0.717, 1.165) is 66.0 Å². The molecule has 0 spiro atoms. The van der Waals surface area contributed by atoms with E-state index in [9.17, 15) is 4.79 Å². The molecule has 1 saturated heterocycles. The van der Waals surface area contributed by atoms with Gasteiger partial charge in [0.05, 0.1) is 5.69 Å². The van der Waals surface area contributed by atoms with Gasteiger partial charge in [-0.15, -0.1) is 5.10 Å². The van der Waals surface area contributed by atoms with Crippen LogP contribution in [-0.2, 0) is 17.6 Å². The highest BCUT2D eigenvalue weighted by Gasteiger charge is 2.26. The molecule has 4 rings (SSSR count). The maximum atomic E-state index is 12.6. The Morgan fingerprint density at radius 2 is 2.00 bits per heavy atom. The highest BCUT2D eigenvalue weighted by atomic mass is 79.9. The molecule has 26 heavy (non-hydrogen) atoms. The van der Waals surface area contributed by atoms with Gasteiger partial charge < -0.3 is 10.2 Å². The van der Waals surface area contributed by atoms with Gasteiger partial charge in [0.2, 0.25) is 5.91 Å². The number of nitrogens with zero attached hydrogens (tertiary/aromatic N) is 3. The minimum Gasteiger partial charge on any atom is -0.355 e. The fraction of sp³-hybridized carbons (Fsp3) is 0.450. The second-order valence-corrected chi connectivity index (χ2v) is 8.10. The van der Waals surface area contributed by atoms with Gasteiger partial charge in [0.1, 0.15) is 0 Å². The van der Waals surface area contributed by atoms with Crippen LogP contribution in [-0.4, -0.2) is 29.2 Å². The minimum atomic E-state index is 0.0533. The number of halogens is 1. The maximum absolute atomic E-state index is 12.6. The SMILES string of the molecule is Cc1cc(NC(=O)C2CCN(c3cc4c(nn3)CCC4)CC2)ccc1Br. The Morgan fingerprint density at radius 1 is 1.19 bits per heavy atom. The van der Waals surface area contributed by atoms with Crippen LogP contribution in [0, 0.1) is 12.8 Å². The number of hydrogen-bond acceptors (Lipinski definition) is 4. The molecule has 2 aromatic rings. The Bertz CT molecular complexity index is 831. The first-order chi connectivity index (χ1) is 12.6. The standard InChI is InChI=1S/C20H23BrN4O/c1-13-11-16(5-6-17(13)21)22-20(26)14-7-9-25(10-8-14)19-12-15-3-2-4-18(15)23-24-19/h5-6,11-12,14H,2-4,7-10H2,1H3,(H,22,26). The summed E-state index contributed by atoms with van der Waals surface area (Å²) < 4.78 is 1.05. The molecule has 0 atom stereocenters. The van der Waals surface area contributed by atoms with Crippen LogP contribution in [0.4, 0.5) is 11.5 Å². The molecule has 5 nitrogen and oxygen atoms in total. The molecule has 0 unspecified atom stereocenters. The fourth-order valence-corrected chi connectivity index (χ4v) is 4.06. The predicted octanol–water partition coefficient (Wildman–Crippen LogP) is 3.89. The number of aromatic nitrogens is 2. The Balaban J connectivity index is 1.35. The number of piperidine rings is 1. The van der Waals surface area contributed by atoms with Crippen LogP contribution in [0.5, 0.6) is 0 Å². The van der Waals surface area contributed by atoms with Crippen molar-refractivity contribution in [2.24, 2.45) is 5.92 Å². The van der Waals surface area contributed by atoms with Crippen LogP contribution in [0.2, 0.25) is 0 Å². The van der Waals surface area contributed by atoms with E-state index in [-0.39, 0.29) is 11.8 Å². The Labute approximate surface area is 162 Å². The number of fused-ring (bicyclic) bond motifs is 1. The van der Waals surface area contributed by atoms with E-state index in [1.165, 1.54) is 12.0 Å². The van der Waals surface area contributed by atoms with Crippen LogP contribution in [0.3, 0.4) is 0 Å². The molecular weight excluding hydrogens is 392 g/mol. The highest BCUT2D eigenvalue weighted by molar-refractivity contribution is 9.10. The third-order valence-electron chi connectivity index (χ3n) is 5.42. The quantitative estimate of drug-likeness (QED) is 0.827. The molecule has 1 N–H and O–H groups in total. The molecule has 1 aromatic heterocycles. The van der Waals surface area contributed by atoms with Gasteiger partial charge in [-0.05, 0) is 74.4 Å². The summed E-state index contributed by atoms with van der Waals surface area (Å²) in [6.45, 7) is 3.73. The lowest BCUT2D eigenvalue weighted by atomic mass is 9.95. The van der Waals surface area contributed by atoms with Crippen LogP contribution in [0.1, 0.15) is 36.1 Å². The van der Waals surface area contributed by atoms with Gasteiger partial charge in [0.15, 0.2) is 5.82 Å². The van der Waals surface area contributed by atoms with Gasteiger partial charge in [0.25, 0.3) is 0 Å². The molecule has 2 heterocycles. The van der Waals surface area contributed by atoms with Gasteiger partial charge in [-0.3, -0.25) is 4.79 Å². The number of anilines is 2. The molecule has 0 saturated carbocycles. The van der Waals surface area contributed by atoms with Crippen LogP contribution < -0.4 is 10.2 Å². The molecular formula is C20H23BrN4O. The van der Waals surface area contributed by atoms with Crippen LogP contribution >= 0.6 is 15.9 Å². The number of carbonyl (C=O) groups is 1. The van der Waals surface area contributed by atoms with Crippen molar-refractivity contribution in [1.82, 2.24) is 10.2 Å². The number of hydrogen-bond donors (Lipinski definition) is 1. The van der Waals surface area contributed by atoms with E-state index in [2.05, 4.69) is 42.4 Å².